The molecule has 1 aliphatic rings. The highest BCUT2D eigenvalue weighted by molar-refractivity contribution is 5.59. The predicted octanol–water partition coefficient (Wildman–Crippen LogP) is 9.37. The molecule has 7 aromatic rings. The van der Waals surface area contributed by atoms with Gasteiger partial charge in [-0.25, -0.2) is 0 Å². The van der Waals surface area contributed by atoms with Crippen LogP contribution >= 0.6 is 0 Å². The van der Waals surface area contributed by atoms with Gasteiger partial charge in [-0.3, -0.25) is 0 Å². The molecule has 0 radical (unpaired) electrons. The molecule has 1 aliphatic heterocycles. The first-order chi connectivity index (χ1) is 28.8. The molecule has 0 saturated heterocycles. The van der Waals surface area contributed by atoms with Crippen LogP contribution in [0.4, 0.5) is 0 Å². The zero-order valence-electron chi connectivity index (χ0n) is 34.3. The third-order valence-electron chi connectivity index (χ3n) is 12.8. The van der Waals surface area contributed by atoms with Crippen LogP contribution in [0.3, 0.4) is 0 Å². The van der Waals surface area contributed by atoms with E-state index in [1.54, 1.807) is 36.4 Å². The Balaban J connectivity index is 1.49. The molecule has 8 rings (SSSR count). The maximum absolute atomic E-state index is 11.0. The van der Waals surface area contributed by atoms with Gasteiger partial charge in [0.1, 0.15) is 40.3 Å². The summed E-state index contributed by atoms with van der Waals surface area (Å²) in [5.74, 6) is -1.19. The first kappa shape index (κ1) is 40.2. The van der Waals surface area contributed by atoms with Crippen LogP contribution < -0.4 is 0 Å². The first-order valence-electron chi connectivity index (χ1n) is 19.6. The zero-order valence-corrected chi connectivity index (χ0v) is 34.3. The smallest absolute Gasteiger partial charge is 0.119 e. The topological polar surface area (TPSA) is 225 Å². The molecule has 0 amide bonds. The number of rotatable bonds is 6. The van der Waals surface area contributed by atoms with Crippen molar-refractivity contribution in [1.29, 1.82) is 0 Å². The van der Waals surface area contributed by atoms with Gasteiger partial charge in [-0.2, -0.15) is 0 Å². The molecular formula is C49H48N4O8. The number of fused-ring (bicyclic) bond motifs is 8. The fourth-order valence-corrected chi connectivity index (χ4v) is 9.00. The van der Waals surface area contributed by atoms with E-state index >= 15 is 0 Å². The minimum absolute atomic E-state index is 0.100. The Morgan fingerprint density at radius 1 is 0.426 bits per heavy atom. The molecule has 0 fully saturated rings. The Labute approximate surface area is 351 Å². The number of H-pyrrole nitrogens is 4. The third kappa shape index (κ3) is 6.38. The fourth-order valence-electron chi connectivity index (χ4n) is 9.00. The highest BCUT2D eigenvalue weighted by Crippen LogP contribution is 2.49. The number of hydrogen-bond acceptors (Lipinski definition) is 8. The van der Waals surface area contributed by atoms with Gasteiger partial charge in [0.05, 0.1) is 27.4 Å². The second-order valence-electron chi connectivity index (χ2n) is 16.7. The molecule has 4 atom stereocenters. The van der Waals surface area contributed by atoms with Crippen LogP contribution in [-0.2, 0) is 21.7 Å². The maximum Gasteiger partial charge on any atom is 0.119 e. The van der Waals surface area contributed by atoms with Gasteiger partial charge in [-0.1, -0.05) is 6.58 Å². The van der Waals surface area contributed by atoms with Crippen LogP contribution in [0.25, 0.3) is 0 Å². The lowest BCUT2D eigenvalue weighted by molar-refractivity contribution is 0.393. The Kier molecular flexibility index (Phi) is 9.23. The summed E-state index contributed by atoms with van der Waals surface area (Å²) in [6.45, 7) is 13.7. The molecule has 3 aromatic carbocycles. The number of allylic oxidation sites excluding steroid dienone is 4. The van der Waals surface area contributed by atoms with Crippen molar-refractivity contribution in [3.05, 3.63) is 201 Å². The average molecular weight is 821 g/mol. The standard InChI is InChI=1S/C49H48N4O8/c1-26(15-31(55)16-27(2)54)46(3)38-7-9-40(50-38)47(4,28-17-32(56)23-33(57)18-28)42-11-13-44(52-42)49(6,30-21-36(60)25-37(61)22-30)45-14-12-43(53-45)48(5,41-10-8-39(46)51-41)29-19-34(58)24-35(59)20-29/h7-25,50-61H,1H2,2-6H3/b27-16+,31-15+/t46-,47+,48-,49+. The molecule has 312 valence electrons. The van der Waals surface area contributed by atoms with Gasteiger partial charge < -0.3 is 60.8 Å². The SMILES string of the molecule is C=C(/C=C(O)\C=C(/C)O)[C@]1(C)c2ccc([nH]2)[C@](C)(c2cc(O)cc(O)c2)c2ccc([nH]2)[C@](C)(c2cc(O)cc(O)c2)c2ccc([nH]2)[C@](C)(c2cc(O)cc(O)c2)c2ccc1[nH]2. The van der Waals surface area contributed by atoms with Crippen molar-refractivity contribution in [3.63, 3.8) is 0 Å². The summed E-state index contributed by atoms with van der Waals surface area (Å²) in [5, 5.41) is 86.1. The molecule has 4 aromatic heterocycles. The van der Waals surface area contributed by atoms with Crippen molar-refractivity contribution in [3.8, 4) is 34.5 Å². The Morgan fingerprint density at radius 2 is 0.672 bits per heavy atom. The first-order valence-corrected chi connectivity index (χ1v) is 19.6. The van der Waals surface area contributed by atoms with Crippen LogP contribution in [0.15, 0.2) is 139 Å². The number of nitrogens with one attached hydrogen (secondary N) is 4. The summed E-state index contributed by atoms with van der Waals surface area (Å²) in [6.07, 6.45) is 2.70. The minimum atomic E-state index is -1.12. The van der Waals surface area contributed by atoms with E-state index in [0.29, 0.717) is 67.8 Å². The average Bonchev–Trinajstić information content (AvgIpc) is 4.02. The van der Waals surface area contributed by atoms with Crippen LogP contribution in [-0.4, -0.2) is 60.8 Å². The molecular weight excluding hydrogens is 773 g/mol. The molecule has 0 unspecified atom stereocenters. The van der Waals surface area contributed by atoms with Gasteiger partial charge in [-0.15, -0.1) is 0 Å². The van der Waals surface area contributed by atoms with Crippen molar-refractivity contribution in [1.82, 2.24) is 19.9 Å². The Bertz CT molecular complexity index is 2720. The van der Waals surface area contributed by atoms with E-state index in [1.807, 2.05) is 76.2 Å². The number of hydrogen-bond donors (Lipinski definition) is 12. The van der Waals surface area contributed by atoms with Crippen molar-refractivity contribution < 1.29 is 40.9 Å². The number of benzene rings is 3. The van der Waals surface area contributed by atoms with E-state index in [-0.39, 0.29) is 46.0 Å². The largest absolute Gasteiger partial charge is 0.512 e. The van der Waals surface area contributed by atoms with Crippen molar-refractivity contribution in [2.75, 3.05) is 0 Å². The summed E-state index contributed by atoms with van der Waals surface area (Å²) < 4.78 is 0. The van der Waals surface area contributed by atoms with Crippen LogP contribution in [0.1, 0.15) is 96.9 Å². The quantitative estimate of drug-likeness (QED) is 0.0570. The molecule has 61 heavy (non-hydrogen) atoms. The van der Waals surface area contributed by atoms with Gasteiger partial charge in [0, 0.05) is 69.8 Å². The second-order valence-corrected chi connectivity index (χ2v) is 16.7. The highest BCUT2D eigenvalue weighted by Gasteiger charge is 2.44. The van der Waals surface area contributed by atoms with E-state index in [9.17, 15) is 40.9 Å². The maximum atomic E-state index is 11.0. The molecule has 5 heterocycles. The summed E-state index contributed by atoms with van der Waals surface area (Å²) in [6, 6.07) is 28.6. The molecule has 0 saturated carbocycles. The molecule has 8 bridgehead atoms. The van der Waals surface area contributed by atoms with E-state index in [4.69, 9.17) is 0 Å². The number of aromatic amines is 4. The number of aliphatic hydroxyl groups excluding tert-OH is 2. The second kappa shape index (κ2) is 14.0. The van der Waals surface area contributed by atoms with E-state index in [2.05, 4.69) is 26.5 Å². The van der Waals surface area contributed by atoms with Gasteiger partial charge in [0.2, 0.25) is 0 Å². The Morgan fingerprint density at radius 3 is 0.934 bits per heavy atom. The molecule has 12 nitrogen and oxygen atoms in total. The van der Waals surface area contributed by atoms with E-state index < -0.39 is 21.7 Å². The molecule has 12 N–H and O–H groups in total. The number of aromatic hydroxyl groups is 6. The Hall–Kier alpha value is -7.60. The molecule has 12 heteroatoms. The van der Waals surface area contributed by atoms with Crippen LogP contribution in [0.5, 0.6) is 34.5 Å². The lowest BCUT2D eigenvalue weighted by Gasteiger charge is -2.34. The lowest BCUT2D eigenvalue weighted by Crippen LogP contribution is -2.32. The van der Waals surface area contributed by atoms with Gasteiger partial charge in [0.15, 0.2) is 0 Å². The third-order valence-corrected chi connectivity index (χ3v) is 12.8. The summed E-state index contributed by atoms with van der Waals surface area (Å²) in [7, 11) is 0. The van der Waals surface area contributed by atoms with Crippen molar-refractivity contribution >= 4 is 0 Å². The van der Waals surface area contributed by atoms with Gasteiger partial charge in [0.25, 0.3) is 0 Å². The van der Waals surface area contributed by atoms with E-state index in [1.165, 1.54) is 37.3 Å². The summed E-state index contributed by atoms with van der Waals surface area (Å²) in [5.41, 5.74) is 2.80. The van der Waals surface area contributed by atoms with Crippen LogP contribution in [0, 0.1) is 0 Å². The van der Waals surface area contributed by atoms with Crippen molar-refractivity contribution in [2.24, 2.45) is 0 Å². The van der Waals surface area contributed by atoms with Crippen molar-refractivity contribution in [2.45, 2.75) is 56.3 Å². The summed E-state index contributed by atoms with van der Waals surface area (Å²) >= 11 is 0. The van der Waals surface area contributed by atoms with Crippen LogP contribution in [0.2, 0.25) is 0 Å². The molecule has 0 aliphatic carbocycles. The molecule has 0 spiro atoms. The number of phenols is 6. The monoisotopic (exact) mass is 820 g/mol. The number of aromatic nitrogens is 4. The number of aliphatic hydroxyl groups is 2. The van der Waals surface area contributed by atoms with Gasteiger partial charge >= 0.3 is 0 Å². The van der Waals surface area contributed by atoms with Gasteiger partial charge in [-0.05, 0) is 148 Å². The fraction of sp³-hybridized carbons (Fsp3) is 0.184. The highest BCUT2D eigenvalue weighted by atomic mass is 16.3. The predicted molar refractivity (Wildman–Crippen MR) is 232 cm³/mol. The zero-order chi connectivity index (χ0) is 43.8. The summed E-state index contributed by atoms with van der Waals surface area (Å²) in [4.78, 5) is 14.7. The van der Waals surface area contributed by atoms with E-state index in [0.717, 1.165) is 0 Å². The normalized spacial score (nSPS) is 22.9. The minimum Gasteiger partial charge on any atom is -0.512 e. The lowest BCUT2D eigenvalue weighted by atomic mass is 9.75. The number of phenolic OH excluding ortho intramolecular Hbond substituents is 6.